The van der Waals surface area contributed by atoms with E-state index in [1.807, 2.05) is 16.9 Å². The Morgan fingerprint density at radius 2 is 2.00 bits per heavy atom. The van der Waals surface area contributed by atoms with Crippen molar-refractivity contribution in [2.75, 3.05) is 31.2 Å². The number of morpholine rings is 1. The number of anilines is 1. The van der Waals surface area contributed by atoms with Gasteiger partial charge in [-0.15, -0.1) is 0 Å². The monoisotopic (exact) mass is 362 g/mol. The Bertz CT molecular complexity index is 1110. The molecule has 1 aliphatic heterocycles. The minimum atomic E-state index is 0.303. The van der Waals surface area contributed by atoms with Crippen molar-refractivity contribution in [2.45, 2.75) is 19.8 Å². The number of aromatic amines is 1. The molecule has 27 heavy (non-hydrogen) atoms. The van der Waals surface area contributed by atoms with Crippen LogP contribution in [0.4, 0.5) is 5.95 Å². The van der Waals surface area contributed by atoms with E-state index in [-0.39, 0.29) is 0 Å². The first-order chi connectivity index (χ1) is 13.2. The molecule has 7 heteroatoms. The highest BCUT2D eigenvalue weighted by molar-refractivity contribution is 5.90. The van der Waals surface area contributed by atoms with Crippen molar-refractivity contribution in [2.24, 2.45) is 0 Å². The van der Waals surface area contributed by atoms with E-state index >= 15 is 0 Å². The molecule has 1 N–H and O–H groups in total. The predicted molar refractivity (Wildman–Crippen MR) is 105 cm³/mol. The number of rotatable bonds is 3. The number of benzene rings is 1. The molecule has 4 aromatic rings. The first kappa shape index (κ1) is 16.3. The number of aromatic nitrogens is 5. The van der Waals surface area contributed by atoms with Gasteiger partial charge >= 0.3 is 0 Å². The summed E-state index contributed by atoms with van der Waals surface area (Å²) in [4.78, 5) is 6.88. The van der Waals surface area contributed by atoms with Crippen molar-refractivity contribution >= 4 is 22.4 Å². The van der Waals surface area contributed by atoms with E-state index in [1.54, 1.807) is 0 Å². The highest BCUT2D eigenvalue weighted by atomic mass is 16.5. The third-order valence-corrected chi connectivity index (χ3v) is 5.13. The Kier molecular flexibility index (Phi) is 3.82. The average molecular weight is 362 g/mol. The minimum absolute atomic E-state index is 0.303. The molecule has 0 unspecified atom stereocenters. The number of H-pyrrole nitrogens is 1. The van der Waals surface area contributed by atoms with Crippen molar-refractivity contribution in [3.63, 3.8) is 0 Å². The molecule has 0 spiro atoms. The zero-order valence-electron chi connectivity index (χ0n) is 15.5. The van der Waals surface area contributed by atoms with Gasteiger partial charge in [-0.05, 0) is 29.7 Å². The Hall–Kier alpha value is -2.93. The van der Waals surface area contributed by atoms with Gasteiger partial charge in [0.2, 0.25) is 5.95 Å². The smallest absolute Gasteiger partial charge is 0.227 e. The summed E-state index contributed by atoms with van der Waals surface area (Å²) in [6.45, 7) is 7.48. The van der Waals surface area contributed by atoms with E-state index in [9.17, 15) is 0 Å². The summed E-state index contributed by atoms with van der Waals surface area (Å²) in [7, 11) is 0. The Labute approximate surface area is 157 Å². The van der Waals surface area contributed by atoms with Gasteiger partial charge in [-0.25, -0.2) is 4.98 Å². The average Bonchev–Trinajstić information content (AvgIpc) is 3.32. The summed E-state index contributed by atoms with van der Waals surface area (Å²) in [6, 6.07) is 8.45. The van der Waals surface area contributed by atoms with E-state index in [0.717, 1.165) is 59.9 Å². The minimum Gasteiger partial charge on any atom is -0.378 e. The molecule has 0 aliphatic carbocycles. The van der Waals surface area contributed by atoms with Crippen LogP contribution < -0.4 is 4.90 Å². The summed E-state index contributed by atoms with van der Waals surface area (Å²) in [6.07, 6.45) is 3.74. The predicted octanol–water partition coefficient (Wildman–Crippen LogP) is 3.23. The molecule has 138 valence electrons. The molecule has 1 fully saturated rings. The van der Waals surface area contributed by atoms with Crippen LogP contribution in [0, 0.1) is 0 Å². The van der Waals surface area contributed by atoms with Crippen molar-refractivity contribution in [1.29, 1.82) is 0 Å². The fourth-order valence-electron chi connectivity index (χ4n) is 3.76. The van der Waals surface area contributed by atoms with Crippen LogP contribution in [-0.4, -0.2) is 51.1 Å². The van der Waals surface area contributed by atoms with E-state index in [0.29, 0.717) is 5.92 Å². The van der Waals surface area contributed by atoms with Crippen LogP contribution in [0.25, 0.3) is 27.5 Å². The molecule has 3 aromatic heterocycles. The number of ether oxygens (including phenoxy) is 1. The van der Waals surface area contributed by atoms with Crippen molar-refractivity contribution in [1.82, 2.24) is 24.8 Å². The molecule has 0 atom stereocenters. The fraction of sp³-hybridized carbons (Fsp3) is 0.350. The van der Waals surface area contributed by atoms with Gasteiger partial charge in [-0.3, -0.25) is 5.10 Å². The molecule has 1 aromatic carbocycles. The first-order valence-electron chi connectivity index (χ1n) is 9.36. The second-order valence-corrected chi connectivity index (χ2v) is 7.23. The molecule has 7 nitrogen and oxygen atoms in total. The lowest BCUT2D eigenvalue weighted by molar-refractivity contribution is 0.122. The van der Waals surface area contributed by atoms with Crippen LogP contribution in [0.2, 0.25) is 0 Å². The van der Waals surface area contributed by atoms with Crippen LogP contribution in [0.5, 0.6) is 0 Å². The largest absolute Gasteiger partial charge is 0.378 e. The molecular weight excluding hydrogens is 340 g/mol. The molecule has 1 saturated heterocycles. The second kappa shape index (κ2) is 6.35. The van der Waals surface area contributed by atoms with Crippen molar-refractivity contribution in [3.05, 3.63) is 42.4 Å². The highest BCUT2D eigenvalue weighted by Gasteiger charge is 2.22. The van der Waals surface area contributed by atoms with Crippen LogP contribution in [-0.2, 0) is 4.74 Å². The molecule has 4 heterocycles. The summed E-state index contributed by atoms with van der Waals surface area (Å²) in [5.41, 5.74) is 5.53. The third kappa shape index (κ3) is 2.66. The van der Waals surface area contributed by atoms with Gasteiger partial charge in [0.1, 0.15) is 0 Å². The van der Waals surface area contributed by atoms with Gasteiger partial charge in [-0.1, -0.05) is 19.9 Å². The molecule has 0 saturated carbocycles. The summed E-state index contributed by atoms with van der Waals surface area (Å²) in [5.74, 6) is 1.19. The van der Waals surface area contributed by atoms with Crippen LogP contribution in [0.1, 0.15) is 25.5 Å². The number of nitrogens with zero attached hydrogens (tertiary/aromatic N) is 5. The summed E-state index contributed by atoms with van der Waals surface area (Å²) < 4.78 is 7.49. The standard InChI is InChI=1S/C20H22N6O/c1-13(2)19-18(14-3-4-16-15(11-14)12-22-23-16)17-5-6-21-20(26(17)24-19)25-7-9-27-10-8-25/h3-6,11-13H,7-10H2,1-2H3,(H,22,23). The Morgan fingerprint density at radius 3 is 2.81 bits per heavy atom. The van der Waals surface area contributed by atoms with E-state index in [1.165, 1.54) is 5.56 Å². The summed E-state index contributed by atoms with van der Waals surface area (Å²) >= 11 is 0. The quantitative estimate of drug-likeness (QED) is 0.606. The van der Waals surface area contributed by atoms with Gasteiger partial charge in [0.05, 0.1) is 36.1 Å². The van der Waals surface area contributed by atoms with Crippen molar-refractivity contribution < 1.29 is 4.74 Å². The topological polar surface area (TPSA) is 71.3 Å². The van der Waals surface area contributed by atoms with Crippen LogP contribution in [0.3, 0.4) is 0 Å². The zero-order valence-corrected chi connectivity index (χ0v) is 15.5. The fourth-order valence-corrected chi connectivity index (χ4v) is 3.76. The van der Waals surface area contributed by atoms with E-state index in [2.05, 4.69) is 58.2 Å². The Morgan fingerprint density at radius 1 is 1.15 bits per heavy atom. The lowest BCUT2D eigenvalue weighted by Gasteiger charge is -2.27. The second-order valence-electron chi connectivity index (χ2n) is 7.23. The maximum Gasteiger partial charge on any atom is 0.227 e. The van der Waals surface area contributed by atoms with Gasteiger partial charge in [0, 0.05) is 30.2 Å². The SMILES string of the molecule is CC(C)c1nn2c(N3CCOCC3)nccc2c1-c1ccc2[nH]ncc2c1. The molecule has 5 rings (SSSR count). The maximum absolute atomic E-state index is 5.49. The van der Waals surface area contributed by atoms with Gasteiger partial charge < -0.3 is 9.64 Å². The molecule has 0 amide bonds. The normalized spacial score (nSPS) is 15.3. The van der Waals surface area contributed by atoms with E-state index in [4.69, 9.17) is 9.84 Å². The van der Waals surface area contributed by atoms with Gasteiger partial charge in [0.25, 0.3) is 0 Å². The lowest BCUT2D eigenvalue weighted by atomic mass is 9.97. The first-order valence-corrected chi connectivity index (χ1v) is 9.36. The van der Waals surface area contributed by atoms with Crippen LogP contribution in [0.15, 0.2) is 36.7 Å². The molecule has 1 aliphatic rings. The van der Waals surface area contributed by atoms with Crippen molar-refractivity contribution in [3.8, 4) is 11.1 Å². The van der Waals surface area contributed by atoms with Crippen LogP contribution >= 0.6 is 0 Å². The molecular formula is C20H22N6O. The maximum atomic E-state index is 5.49. The molecule has 0 radical (unpaired) electrons. The zero-order chi connectivity index (χ0) is 18.4. The number of fused-ring (bicyclic) bond motifs is 2. The molecule has 0 bridgehead atoms. The summed E-state index contributed by atoms with van der Waals surface area (Å²) in [5, 5.41) is 13.2. The lowest BCUT2D eigenvalue weighted by Crippen LogP contribution is -2.38. The third-order valence-electron chi connectivity index (χ3n) is 5.13. The van der Waals surface area contributed by atoms with Gasteiger partial charge in [0.15, 0.2) is 0 Å². The highest BCUT2D eigenvalue weighted by Crippen LogP contribution is 2.35. The van der Waals surface area contributed by atoms with E-state index < -0.39 is 0 Å². The number of hydrogen-bond acceptors (Lipinski definition) is 5. The van der Waals surface area contributed by atoms with Gasteiger partial charge in [-0.2, -0.15) is 14.7 Å². The number of hydrogen-bond donors (Lipinski definition) is 1. The number of nitrogens with one attached hydrogen (secondary N) is 1. The Balaban J connectivity index is 1.74.